The standard InChI is InChI=1S/2C21H24O8.C6H6/c2*1-26-16-8-14(20(22)23)10-18(12-16)28-6-4-3-5-7-29-19-11-15(21(24)25)9-17(13-19)27-2;1-2-4-6-5-3-1/h2*8-13H,3-7H2,1-2H3,(H,22,23)(H,24,25);1-6H. The van der Waals surface area contributed by atoms with Crippen molar-refractivity contribution in [3.05, 3.63) is 131 Å². The van der Waals surface area contributed by atoms with Crippen molar-refractivity contribution < 1.29 is 77.5 Å². The minimum Gasteiger partial charge on any atom is -0.497 e. The Morgan fingerprint density at radius 3 is 0.672 bits per heavy atom. The summed E-state index contributed by atoms with van der Waals surface area (Å²) in [7, 11) is 5.86. The molecule has 342 valence electrons. The van der Waals surface area contributed by atoms with Crippen LogP contribution in [-0.4, -0.2) is 99.2 Å². The Labute approximate surface area is 371 Å². The van der Waals surface area contributed by atoms with E-state index in [0.29, 0.717) is 72.4 Å². The highest BCUT2D eigenvalue weighted by Crippen LogP contribution is 2.26. The van der Waals surface area contributed by atoms with Gasteiger partial charge < -0.3 is 58.3 Å². The Morgan fingerprint density at radius 1 is 0.312 bits per heavy atom. The minimum absolute atomic E-state index is 0.103. The molecule has 4 N–H and O–H groups in total. The average molecular weight is 887 g/mol. The van der Waals surface area contributed by atoms with Gasteiger partial charge in [-0.2, -0.15) is 0 Å². The van der Waals surface area contributed by atoms with Gasteiger partial charge in [-0.25, -0.2) is 19.2 Å². The van der Waals surface area contributed by atoms with Crippen molar-refractivity contribution in [1.29, 1.82) is 0 Å². The molecule has 0 amide bonds. The van der Waals surface area contributed by atoms with Gasteiger partial charge in [-0.15, -0.1) is 0 Å². The highest BCUT2D eigenvalue weighted by molar-refractivity contribution is 5.90. The molecule has 5 aromatic carbocycles. The Morgan fingerprint density at radius 2 is 0.500 bits per heavy atom. The van der Waals surface area contributed by atoms with E-state index in [4.69, 9.17) is 58.3 Å². The van der Waals surface area contributed by atoms with Crippen LogP contribution in [0, 0.1) is 0 Å². The lowest BCUT2D eigenvalue weighted by atomic mass is 10.2. The molecule has 0 saturated carbocycles. The Hall–Kier alpha value is -7.62. The van der Waals surface area contributed by atoms with Gasteiger partial charge in [0.05, 0.1) is 77.1 Å². The van der Waals surface area contributed by atoms with Crippen molar-refractivity contribution in [2.45, 2.75) is 38.5 Å². The first-order valence-corrected chi connectivity index (χ1v) is 20.1. The second kappa shape index (κ2) is 28.1. The van der Waals surface area contributed by atoms with E-state index in [9.17, 15) is 19.2 Å². The van der Waals surface area contributed by atoms with Gasteiger partial charge >= 0.3 is 23.9 Å². The predicted molar refractivity (Wildman–Crippen MR) is 236 cm³/mol. The number of hydrogen-bond acceptors (Lipinski definition) is 12. The van der Waals surface area contributed by atoms with Crippen LogP contribution in [0.2, 0.25) is 0 Å². The largest absolute Gasteiger partial charge is 0.497 e. The quantitative estimate of drug-likeness (QED) is 0.0424. The third kappa shape index (κ3) is 19.0. The molecule has 64 heavy (non-hydrogen) atoms. The highest BCUT2D eigenvalue weighted by Gasteiger charge is 2.12. The normalized spacial score (nSPS) is 10.1. The number of unbranched alkanes of at least 4 members (excludes halogenated alkanes) is 4. The third-order valence-electron chi connectivity index (χ3n) is 8.77. The van der Waals surface area contributed by atoms with Crippen LogP contribution >= 0.6 is 0 Å². The fourth-order valence-electron chi connectivity index (χ4n) is 5.49. The molecule has 0 heterocycles. The number of benzene rings is 5. The lowest BCUT2D eigenvalue weighted by Crippen LogP contribution is -2.04. The molecule has 0 aliphatic heterocycles. The number of hydrogen-bond donors (Lipinski definition) is 4. The molecule has 0 bridgehead atoms. The molecule has 0 saturated heterocycles. The van der Waals surface area contributed by atoms with Gasteiger partial charge in [0.2, 0.25) is 0 Å². The second-order valence-corrected chi connectivity index (χ2v) is 13.5. The number of carboxylic acids is 4. The number of rotatable bonds is 24. The molecule has 0 aliphatic carbocycles. The fourth-order valence-corrected chi connectivity index (χ4v) is 5.49. The molecule has 0 aromatic heterocycles. The van der Waals surface area contributed by atoms with E-state index in [0.717, 1.165) is 38.5 Å². The van der Waals surface area contributed by atoms with Crippen LogP contribution in [0.1, 0.15) is 80.0 Å². The third-order valence-corrected chi connectivity index (χ3v) is 8.77. The molecular formula is C48H54O16. The molecule has 0 fully saturated rings. The summed E-state index contributed by atoms with van der Waals surface area (Å²) in [5, 5.41) is 36.4. The van der Waals surface area contributed by atoms with Gasteiger partial charge in [-0.05, 0) is 87.1 Å². The maximum atomic E-state index is 11.1. The monoisotopic (exact) mass is 886 g/mol. The Kier molecular flexibility index (Phi) is 22.3. The van der Waals surface area contributed by atoms with E-state index in [2.05, 4.69) is 0 Å². The first-order chi connectivity index (χ1) is 30.8. The van der Waals surface area contributed by atoms with Crippen molar-refractivity contribution in [2.75, 3.05) is 54.9 Å². The van der Waals surface area contributed by atoms with Crippen LogP contribution in [0.25, 0.3) is 0 Å². The van der Waals surface area contributed by atoms with Gasteiger partial charge in [0, 0.05) is 24.3 Å². The number of carbonyl (C=O) groups is 4. The second-order valence-electron chi connectivity index (χ2n) is 13.5. The molecule has 0 unspecified atom stereocenters. The predicted octanol–water partition coefficient (Wildman–Crippen LogP) is 9.14. The maximum absolute atomic E-state index is 11.1. The van der Waals surface area contributed by atoms with E-state index in [1.54, 1.807) is 24.3 Å². The first-order valence-electron chi connectivity index (χ1n) is 20.1. The van der Waals surface area contributed by atoms with Crippen LogP contribution in [0.4, 0.5) is 0 Å². The molecule has 16 heteroatoms. The number of methoxy groups -OCH3 is 4. The van der Waals surface area contributed by atoms with Gasteiger partial charge in [-0.3, -0.25) is 0 Å². The minimum atomic E-state index is -1.05. The van der Waals surface area contributed by atoms with E-state index >= 15 is 0 Å². The van der Waals surface area contributed by atoms with Crippen LogP contribution in [0.3, 0.4) is 0 Å². The first kappa shape index (κ1) is 50.7. The van der Waals surface area contributed by atoms with Crippen molar-refractivity contribution in [3.8, 4) is 46.0 Å². The lowest BCUT2D eigenvalue weighted by Gasteiger charge is -2.10. The SMILES string of the molecule is COc1cc(OCCCCCOc2cc(OC)cc(C(=O)O)c2)cc(C(=O)O)c1.COc1cc(OCCCCCOc2cc(OC)cc(C(=O)O)c2)cc(C(=O)O)c1.c1ccccc1. The highest BCUT2D eigenvalue weighted by atomic mass is 16.5. The topological polar surface area (TPSA) is 223 Å². The van der Waals surface area contributed by atoms with Crippen molar-refractivity contribution >= 4 is 23.9 Å². The summed E-state index contributed by atoms with van der Waals surface area (Å²) in [6, 6.07) is 30.1. The van der Waals surface area contributed by atoms with E-state index in [1.165, 1.54) is 77.0 Å². The molecule has 5 rings (SSSR count). The molecular weight excluding hydrogens is 833 g/mol. The summed E-state index contributed by atoms with van der Waals surface area (Å²) in [5.74, 6) is -0.732. The number of carboxylic acid groups (broad SMARTS) is 4. The van der Waals surface area contributed by atoms with Gasteiger partial charge in [0.25, 0.3) is 0 Å². The zero-order valence-corrected chi connectivity index (χ0v) is 36.2. The lowest BCUT2D eigenvalue weighted by molar-refractivity contribution is 0.0685. The molecule has 0 spiro atoms. The zero-order chi connectivity index (χ0) is 46.7. The van der Waals surface area contributed by atoms with Gasteiger partial charge in [-0.1, -0.05) is 36.4 Å². The van der Waals surface area contributed by atoms with E-state index < -0.39 is 23.9 Å². The fraction of sp³-hybridized carbons (Fsp3) is 0.292. The summed E-state index contributed by atoms with van der Waals surface area (Å²) in [6.45, 7) is 1.70. The van der Waals surface area contributed by atoms with Crippen molar-refractivity contribution in [3.63, 3.8) is 0 Å². The van der Waals surface area contributed by atoms with Crippen molar-refractivity contribution in [1.82, 2.24) is 0 Å². The maximum Gasteiger partial charge on any atom is 0.335 e. The van der Waals surface area contributed by atoms with Crippen molar-refractivity contribution in [2.24, 2.45) is 0 Å². The summed E-state index contributed by atoms with van der Waals surface area (Å²) >= 11 is 0. The smallest absolute Gasteiger partial charge is 0.335 e. The van der Waals surface area contributed by atoms with Crippen LogP contribution in [-0.2, 0) is 0 Å². The molecule has 5 aromatic rings. The van der Waals surface area contributed by atoms with E-state index in [1.807, 2.05) is 36.4 Å². The average Bonchev–Trinajstić information content (AvgIpc) is 3.31. The zero-order valence-electron chi connectivity index (χ0n) is 36.2. The summed E-state index contributed by atoms with van der Waals surface area (Å²) < 4.78 is 42.8. The van der Waals surface area contributed by atoms with Gasteiger partial charge in [0.15, 0.2) is 0 Å². The molecule has 16 nitrogen and oxygen atoms in total. The molecule has 0 atom stereocenters. The Bertz CT molecular complexity index is 1920. The molecule has 0 radical (unpaired) electrons. The Balaban J connectivity index is 0.000000300. The van der Waals surface area contributed by atoms with E-state index in [-0.39, 0.29) is 22.3 Å². The summed E-state index contributed by atoms with van der Waals surface area (Å²) in [6.07, 6.45) is 4.66. The van der Waals surface area contributed by atoms with Crippen LogP contribution < -0.4 is 37.9 Å². The van der Waals surface area contributed by atoms with Crippen LogP contribution in [0.15, 0.2) is 109 Å². The van der Waals surface area contributed by atoms with Crippen LogP contribution in [0.5, 0.6) is 46.0 Å². The molecule has 0 aliphatic rings. The summed E-state index contributed by atoms with van der Waals surface area (Å²) in [5.41, 5.74) is 0.414. The summed E-state index contributed by atoms with van der Waals surface area (Å²) in [4.78, 5) is 44.5. The number of ether oxygens (including phenoxy) is 8. The number of aromatic carboxylic acids is 4. The van der Waals surface area contributed by atoms with Gasteiger partial charge in [0.1, 0.15) is 46.0 Å².